The van der Waals surface area contributed by atoms with Crippen LogP contribution < -0.4 is 19.5 Å². The second kappa shape index (κ2) is 10.2. The van der Waals surface area contributed by atoms with E-state index in [2.05, 4.69) is 5.32 Å². The van der Waals surface area contributed by atoms with Crippen LogP contribution in [0.4, 0.5) is 5.69 Å². The summed E-state index contributed by atoms with van der Waals surface area (Å²) in [5, 5.41) is 3.69. The molecule has 0 aliphatic carbocycles. The zero-order valence-corrected chi connectivity index (χ0v) is 18.1. The van der Waals surface area contributed by atoms with Crippen LogP contribution in [0.3, 0.4) is 0 Å². The van der Waals surface area contributed by atoms with E-state index in [1.165, 1.54) is 0 Å². The number of nitrogens with one attached hydrogen (secondary N) is 1. The molecule has 0 aliphatic rings. The summed E-state index contributed by atoms with van der Waals surface area (Å²) in [6.45, 7) is 2.64. The van der Waals surface area contributed by atoms with E-state index in [4.69, 9.17) is 37.4 Å². The Bertz CT molecular complexity index is 1000. The maximum atomic E-state index is 12.7. The molecule has 1 amide bonds. The van der Waals surface area contributed by atoms with Gasteiger partial charge in [0.05, 0.1) is 13.7 Å². The summed E-state index contributed by atoms with van der Waals surface area (Å²) in [5.74, 6) is 1.80. The van der Waals surface area contributed by atoms with E-state index in [0.717, 1.165) is 11.3 Å². The molecule has 0 aromatic heterocycles. The second-order valence-corrected chi connectivity index (χ2v) is 7.20. The molecule has 3 aromatic carbocycles. The Kier molecular flexibility index (Phi) is 7.44. The Hall–Kier alpha value is -2.89. The standard InChI is InChI=1S/C23H21Cl2NO4/c1-3-29-22-9-4-15(23(27)26-19-12-17(24)11-18(25)13-19)10-16(22)14-30-21-7-5-20(28-2)6-8-21/h4-13H,3,14H2,1-2H3,(H,26,27). The van der Waals surface area contributed by atoms with Crippen LogP contribution in [0.5, 0.6) is 17.2 Å². The van der Waals surface area contributed by atoms with Crippen LogP contribution in [0.2, 0.25) is 10.0 Å². The van der Waals surface area contributed by atoms with Crippen LogP contribution >= 0.6 is 23.2 Å². The molecular formula is C23H21Cl2NO4. The highest BCUT2D eigenvalue weighted by molar-refractivity contribution is 6.35. The minimum absolute atomic E-state index is 0.242. The first-order valence-electron chi connectivity index (χ1n) is 9.28. The van der Waals surface area contributed by atoms with Gasteiger partial charge in [-0.25, -0.2) is 0 Å². The van der Waals surface area contributed by atoms with Gasteiger partial charge in [-0.15, -0.1) is 0 Å². The predicted octanol–water partition coefficient (Wildman–Crippen LogP) is 6.23. The lowest BCUT2D eigenvalue weighted by Crippen LogP contribution is -2.13. The van der Waals surface area contributed by atoms with Crippen molar-refractivity contribution in [3.63, 3.8) is 0 Å². The molecule has 0 aliphatic heterocycles. The number of ether oxygens (including phenoxy) is 3. The van der Waals surface area contributed by atoms with Gasteiger partial charge in [-0.2, -0.15) is 0 Å². The summed E-state index contributed by atoms with van der Waals surface area (Å²) < 4.78 is 16.7. The van der Waals surface area contributed by atoms with E-state index in [1.807, 2.05) is 31.2 Å². The molecule has 0 fully saturated rings. The third-order valence-electron chi connectivity index (χ3n) is 4.20. The van der Waals surface area contributed by atoms with E-state index in [9.17, 15) is 4.79 Å². The minimum atomic E-state index is -0.290. The van der Waals surface area contributed by atoms with Crippen molar-refractivity contribution in [1.29, 1.82) is 0 Å². The number of hydrogen-bond donors (Lipinski definition) is 1. The molecule has 0 radical (unpaired) electrons. The Labute approximate surface area is 185 Å². The second-order valence-electron chi connectivity index (χ2n) is 6.33. The van der Waals surface area contributed by atoms with Crippen LogP contribution in [0.25, 0.3) is 0 Å². The Morgan fingerprint density at radius 3 is 2.20 bits per heavy atom. The number of rotatable bonds is 8. The number of benzene rings is 3. The monoisotopic (exact) mass is 445 g/mol. The van der Waals surface area contributed by atoms with E-state index in [0.29, 0.717) is 39.4 Å². The number of hydrogen-bond acceptors (Lipinski definition) is 4. The summed E-state index contributed by atoms with van der Waals surface area (Å²) in [6, 6.07) is 17.3. The minimum Gasteiger partial charge on any atom is -0.497 e. The van der Waals surface area contributed by atoms with E-state index < -0.39 is 0 Å². The molecule has 0 unspecified atom stereocenters. The lowest BCUT2D eigenvalue weighted by atomic mass is 10.1. The SMILES string of the molecule is CCOc1ccc(C(=O)Nc2cc(Cl)cc(Cl)c2)cc1COc1ccc(OC)cc1. The molecule has 1 N–H and O–H groups in total. The van der Waals surface area contributed by atoms with Gasteiger partial charge in [0, 0.05) is 26.9 Å². The number of amides is 1. The molecule has 0 saturated heterocycles. The molecule has 0 bridgehead atoms. The summed E-state index contributed by atoms with van der Waals surface area (Å²) >= 11 is 12.0. The first-order chi connectivity index (χ1) is 14.5. The van der Waals surface area contributed by atoms with Crippen LogP contribution in [0, 0.1) is 0 Å². The fraction of sp³-hybridized carbons (Fsp3) is 0.174. The number of halogens is 2. The van der Waals surface area contributed by atoms with Crippen LogP contribution in [-0.4, -0.2) is 19.6 Å². The molecule has 0 spiro atoms. The maximum absolute atomic E-state index is 12.7. The summed E-state index contributed by atoms with van der Waals surface area (Å²) in [4.78, 5) is 12.7. The molecular weight excluding hydrogens is 425 g/mol. The average Bonchev–Trinajstić information content (AvgIpc) is 2.72. The van der Waals surface area contributed by atoms with Crippen molar-refractivity contribution >= 4 is 34.8 Å². The lowest BCUT2D eigenvalue weighted by Gasteiger charge is -2.14. The average molecular weight is 446 g/mol. The summed E-state index contributed by atoms with van der Waals surface area (Å²) in [5.41, 5.74) is 1.73. The molecule has 0 atom stereocenters. The van der Waals surface area contributed by atoms with Gasteiger partial charge in [-0.3, -0.25) is 4.79 Å². The van der Waals surface area contributed by atoms with Gasteiger partial charge in [-0.1, -0.05) is 23.2 Å². The molecule has 5 nitrogen and oxygen atoms in total. The summed E-state index contributed by atoms with van der Waals surface area (Å²) in [7, 11) is 1.61. The van der Waals surface area contributed by atoms with Gasteiger partial charge in [0.1, 0.15) is 23.9 Å². The molecule has 156 valence electrons. The molecule has 7 heteroatoms. The lowest BCUT2D eigenvalue weighted by molar-refractivity contribution is 0.102. The first-order valence-corrected chi connectivity index (χ1v) is 10.0. The van der Waals surface area contributed by atoms with Crippen molar-refractivity contribution in [1.82, 2.24) is 0 Å². The highest BCUT2D eigenvalue weighted by atomic mass is 35.5. The van der Waals surface area contributed by atoms with Gasteiger partial charge in [-0.05, 0) is 67.6 Å². The highest BCUT2D eigenvalue weighted by Crippen LogP contribution is 2.26. The fourth-order valence-electron chi connectivity index (χ4n) is 2.79. The molecule has 30 heavy (non-hydrogen) atoms. The molecule has 3 rings (SSSR count). The zero-order valence-electron chi connectivity index (χ0n) is 16.6. The van der Waals surface area contributed by atoms with Crippen LogP contribution in [0.1, 0.15) is 22.8 Å². The number of anilines is 1. The van der Waals surface area contributed by atoms with Gasteiger partial charge in [0.25, 0.3) is 5.91 Å². The van der Waals surface area contributed by atoms with Gasteiger partial charge in [0.2, 0.25) is 0 Å². The van der Waals surface area contributed by atoms with Crippen molar-refractivity contribution in [3.8, 4) is 17.2 Å². The Morgan fingerprint density at radius 2 is 1.57 bits per heavy atom. The molecule has 0 heterocycles. The molecule has 0 saturated carbocycles. The quantitative estimate of drug-likeness (QED) is 0.446. The topological polar surface area (TPSA) is 56.8 Å². The number of carbonyl (C=O) groups is 1. The largest absolute Gasteiger partial charge is 0.497 e. The Balaban J connectivity index is 1.77. The number of carbonyl (C=O) groups excluding carboxylic acids is 1. The summed E-state index contributed by atoms with van der Waals surface area (Å²) in [6.07, 6.45) is 0. The van der Waals surface area contributed by atoms with Gasteiger partial charge >= 0.3 is 0 Å². The van der Waals surface area contributed by atoms with E-state index >= 15 is 0 Å². The van der Waals surface area contributed by atoms with Gasteiger partial charge in [0.15, 0.2) is 0 Å². The third-order valence-corrected chi connectivity index (χ3v) is 4.63. The zero-order chi connectivity index (χ0) is 21.5. The smallest absolute Gasteiger partial charge is 0.255 e. The first kappa shape index (κ1) is 21.8. The third kappa shape index (κ3) is 5.81. The normalized spacial score (nSPS) is 10.4. The van der Waals surface area contributed by atoms with Crippen LogP contribution in [0.15, 0.2) is 60.7 Å². The Morgan fingerprint density at radius 1 is 0.900 bits per heavy atom. The van der Waals surface area contributed by atoms with Crippen LogP contribution in [-0.2, 0) is 6.61 Å². The molecule has 3 aromatic rings. The van der Waals surface area contributed by atoms with Crippen molar-refractivity contribution < 1.29 is 19.0 Å². The fourth-order valence-corrected chi connectivity index (χ4v) is 3.32. The highest BCUT2D eigenvalue weighted by Gasteiger charge is 2.12. The number of methoxy groups -OCH3 is 1. The van der Waals surface area contributed by atoms with E-state index in [1.54, 1.807) is 43.5 Å². The van der Waals surface area contributed by atoms with E-state index in [-0.39, 0.29) is 12.5 Å². The van der Waals surface area contributed by atoms with Crippen molar-refractivity contribution in [2.75, 3.05) is 19.0 Å². The predicted molar refractivity (Wildman–Crippen MR) is 119 cm³/mol. The maximum Gasteiger partial charge on any atom is 0.255 e. The van der Waals surface area contributed by atoms with Gasteiger partial charge < -0.3 is 19.5 Å². The van der Waals surface area contributed by atoms with Crippen molar-refractivity contribution in [2.24, 2.45) is 0 Å². The van der Waals surface area contributed by atoms with Crippen molar-refractivity contribution in [2.45, 2.75) is 13.5 Å². The van der Waals surface area contributed by atoms with Crippen molar-refractivity contribution in [3.05, 3.63) is 81.8 Å².